The Morgan fingerprint density at radius 3 is 2.27 bits per heavy atom. The van der Waals surface area contributed by atoms with E-state index < -0.39 is 10.0 Å². The largest absolute Gasteiger partial charge is 0.456 e. The summed E-state index contributed by atoms with van der Waals surface area (Å²) in [6.07, 6.45) is 1.21. The van der Waals surface area contributed by atoms with Gasteiger partial charge in [0, 0.05) is 28.1 Å². The van der Waals surface area contributed by atoms with Crippen molar-refractivity contribution in [3.63, 3.8) is 0 Å². The Morgan fingerprint density at radius 2 is 1.54 bits per heavy atom. The Hall–Kier alpha value is -4.10. The lowest BCUT2D eigenvalue weighted by Crippen LogP contribution is -2.30. The summed E-state index contributed by atoms with van der Waals surface area (Å²) in [4.78, 5) is 12.9. The molecule has 5 rings (SSSR count). The van der Waals surface area contributed by atoms with Crippen LogP contribution in [0.1, 0.15) is 41.3 Å². The maximum Gasteiger partial charge on any atom is 0.255 e. The summed E-state index contributed by atoms with van der Waals surface area (Å²) in [5, 5.41) is 4.95. The third kappa shape index (κ3) is 5.08. The van der Waals surface area contributed by atoms with Crippen LogP contribution in [-0.4, -0.2) is 20.6 Å². The van der Waals surface area contributed by atoms with Gasteiger partial charge in [0.2, 0.25) is 10.0 Å². The van der Waals surface area contributed by atoms with Crippen molar-refractivity contribution in [2.75, 3.05) is 15.9 Å². The van der Waals surface area contributed by atoms with E-state index in [-0.39, 0.29) is 18.4 Å². The van der Waals surface area contributed by atoms with E-state index in [1.165, 1.54) is 10.6 Å². The van der Waals surface area contributed by atoms with Crippen molar-refractivity contribution in [2.24, 2.45) is 0 Å². The highest BCUT2D eigenvalue weighted by molar-refractivity contribution is 7.92. The van der Waals surface area contributed by atoms with E-state index in [1.54, 1.807) is 24.3 Å². The minimum absolute atomic E-state index is 0.172. The average Bonchev–Trinajstić information content (AvgIpc) is 3.24. The van der Waals surface area contributed by atoms with Crippen LogP contribution >= 0.6 is 0 Å². The lowest BCUT2D eigenvalue weighted by Gasteiger charge is -2.26. The molecule has 0 unspecified atom stereocenters. The highest BCUT2D eigenvalue weighted by Gasteiger charge is 2.22. The monoisotopic (exact) mass is 512 g/mol. The Morgan fingerprint density at radius 1 is 0.865 bits per heavy atom. The number of rotatable bonds is 7. The van der Waals surface area contributed by atoms with Crippen molar-refractivity contribution in [1.82, 2.24) is 0 Å². The number of amides is 1. The lowest BCUT2D eigenvalue weighted by atomic mass is 10.0. The molecule has 1 aromatic heterocycles. The van der Waals surface area contributed by atoms with Crippen molar-refractivity contribution < 1.29 is 17.6 Å². The normalized spacial score (nSPS) is 11.8. The number of hydrogen-bond acceptors (Lipinski definition) is 4. The molecule has 37 heavy (non-hydrogen) atoms. The minimum Gasteiger partial charge on any atom is -0.456 e. The summed E-state index contributed by atoms with van der Waals surface area (Å²) in [6.45, 7) is 4.25. The van der Waals surface area contributed by atoms with Crippen LogP contribution in [0.25, 0.3) is 21.9 Å². The number of sulfonamides is 1. The summed E-state index contributed by atoms with van der Waals surface area (Å²) in [5.74, 6) is -0.0857. The molecular weight excluding hydrogens is 484 g/mol. The smallest absolute Gasteiger partial charge is 0.255 e. The third-order valence-corrected chi connectivity index (χ3v) is 7.53. The Bertz CT molecular complexity index is 1700. The molecule has 0 bridgehead atoms. The van der Waals surface area contributed by atoms with Gasteiger partial charge >= 0.3 is 0 Å². The zero-order chi connectivity index (χ0) is 26.2. The molecule has 0 saturated heterocycles. The second-order valence-electron chi connectivity index (χ2n) is 9.44. The summed E-state index contributed by atoms with van der Waals surface area (Å²) in [7, 11) is -3.52. The SMILES string of the molecule is CC(C)c1ccccc1N(Cc1ccc(C(=O)Nc2ccc3c(c2)oc2ccccc23)cc1)S(C)(=O)=O. The van der Waals surface area contributed by atoms with Gasteiger partial charge in [0.1, 0.15) is 11.2 Å². The molecule has 7 heteroatoms. The number of carbonyl (C=O) groups is 1. The van der Waals surface area contributed by atoms with Crippen molar-refractivity contribution in [1.29, 1.82) is 0 Å². The van der Waals surface area contributed by atoms with E-state index in [9.17, 15) is 13.2 Å². The fourth-order valence-electron chi connectivity index (χ4n) is 4.52. The van der Waals surface area contributed by atoms with E-state index in [0.717, 1.165) is 27.5 Å². The second kappa shape index (κ2) is 9.75. The van der Waals surface area contributed by atoms with Crippen LogP contribution in [0.4, 0.5) is 11.4 Å². The van der Waals surface area contributed by atoms with Gasteiger partial charge in [-0.15, -0.1) is 0 Å². The predicted octanol–water partition coefficient (Wildman–Crippen LogP) is 6.93. The number of fused-ring (bicyclic) bond motifs is 3. The number of anilines is 2. The van der Waals surface area contributed by atoms with Gasteiger partial charge < -0.3 is 9.73 Å². The molecule has 0 aliphatic carbocycles. The first-order valence-corrected chi connectivity index (χ1v) is 13.9. The summed E-state index contributed by atoms with van der Waals surface area (Å²) >= 11 is 0. The average molecular weight is 513 g/mol. The summed E-state index contributed by atoms with van der Waals surface area (Å²) < 4.78 is 32.7. The van der Waals surface area contributed by atoms with Crippen molar-refractivity contribution in [2.45, 2.75) is 26.3 Å². The van der Waals surface area contributed by atoms with Crippen LogP contribution in [0.3, 0.4) is 0 Å². The van der Waals surface area contributed by atoms with Gasteiger partial charge in [-0.1, -0.05) is 62.4 Å². The number of hydrogen-bond donors (Lipinski definition) is 1. The molecule has 5 aromatic rings. The first kappa shape index (κ1) is 24.6. The number of nitrogens with one attached hydrogen (secondary N) is 1. The zero-order valence-corrected chi connectivity index (χ0v) is 21.7. The molecule has 1 heterocycles. The van der Waals surface area contributed by atoms with E-state index in [0.29, 0.717) is 22.5 Å². The van der Waals surface area contributed by atoms with Gasteiger partial charge in [-0.05, 0) is 53.4 Å². The van der Waals surface area contributed by atoms with Gasteiger partial charge in [0.05, 0.1) is 18.5 Å². The van der Waals surface area contributed by atoms with Crippen LogP contribution < -0.4 is 9.62 Å². The topological polar surface area (TPSA) is 79.6 Å². The van der Waals surface area contributed by atoms with Crippen molar-refractivity contribution in [3.05, 3.63) is 108 Å². The maximum atomic E-state index is 12.9. The second-order valence-corrected chi connectivity index (χ2v) is 11.4. The zero-order valence-electron chi connectivity index (χ0n) is 20.9. The van der Waals surface area contributed by atoms with Gasteiger partial charge in [0.15, 0.2) is 0 Å². The van der Waals surface area contributed by atoms with Crippen LogP contribution in [0.2, 0.25) is 0 Å². The van der Waals surface area contributed by atoms with Gasteiger partial charge in [-0.2, -0.15) is 0 Å². The number of benzene rings is 4. The molecule has 0 aliphatic rings. The molecule has 4 aromatic carbocycles. The van der Waals surface area contributed by atoms with Crippen LogP contribution in [0.5, 0.6) is 0 Å². The summed E-state index contributed by atoms with van der Waals surface area (Å²) in [5.41, 5.74) is 5.03. The molecule has 1 N–H and O–H groups in total. The van der Waals surface area contributed by atoms with Gasteiger partial charge in [-0.3, -0.25) is 9.10 Å². The van der Waals surface area contributed by atoms with Gasteiger partial charge in [0.25, 0.3) is 5.91 Å². The fourth-order valence-corrected chi connectivity index (χ4v) is 5.43. The fraction of sp³-hybridized carbons (Fsp3) is 0.167. The Labute approximate surface area is 216 Å². The molecule has 0 saturated carbocycles. The third-order valence-electron chi connectivity index (χ3n) is 6.41. The molecule has 188 valence electrons. The molecular formula is C30H28N2O4S. The number of carbonyl (C=O) groups excluding carboxylic acids is 1. The standard InChI is InChI=1S/C30H28N2O4S/c1-20(2)24-8-4-6-10-27(24)32(37(3,34)35)19-21-12-14-22(15-13-21)30(33)31-23-16-17-26-25-9-5-7-11-28(25)36-29(26)18-23/h4-18,20H,19H2,1-3H3,(H,31,33). The van der Waals surface area contributed by atoms with E-state index >= 15 is 0 Å². The van der Waals surface area contributed by atoms with Crippen LogP contribution in [-0.2, 0) is 16.6 Å². The van der Waals surface area contributed by atoms with Gasteiger partial charge in [-0.25, -0.2) is 8.42 Å². The van der Waals surface area contributed by atoms with Crippen LogP contribution in [0, 0.1) is 0 Å². The Balaban J connectivity index is 1.35. The molecule has 1 amide bonds. The highest BCUT2D eigenvalue weighted by Crippen LogP contribution is 2.31. The minimum atomic E-state index is -3.52. The van der Waals surface area contributed by atoms with Crippen LogP contribution in [0.15, 0.2) is 95.4 Å². The molecule has 0 fully saturated rings. The highest BCUT2D eigenvalue weighted by atomic mass is 32.2. The Kier molecular flexibility index (Phi) is 6.48. The first-order valence-electron chi connectivity index (χ1n) is 12.1. The van der Waals surface area contributed by atoms with Crippen molar-refractivity contribution in [3.8, 4) is 0 Å². The first-order chi connectivity index (χ1) is 17.7. The molecule has 0 spiro atoms. The molecule has 6 nitrogen and oxygen atoms in total. The molecule has 0 radical (unpaired) electrons. The summed E-state index contributed by atoms with van der Waals surface area (Å²) in [6, 6.07) is 28.0. The predicted molar refractivity (Wildman–Crippen MR) is 150 cm³/mol. The van der Waals surface area contributed by atoms with E-state index in [1.807, 2.05) is 80.6 Å². The van der Waals surface area contributed by atoms with Crippen molar-refractivity contribution >= 4 is 49.2 Å². The number of nitrogens with zero attached hydrogens (tertiary/aromatic N) is 1. The molecule has 0 atom stereocenters. The molecule has 0 aliphatic heterocycles. The van der Waals surface area contributed by atoms with E-state index in [4.69, 9.17) is 4.42 Å². The van der Waals surface area contributed by atoms with E-state index in [2.05, 4.69) is 5.32 Å². The number of para-hydroxylation sites is 2. The quantitative estimate of drug-likeness (QED) is 0.256. The maximum absolute atomic E-state index is 12.9. The number of furan rings is 1. The lowest BCUT2D eigenvalue weighted by molar-refractivity contribution is 0.102.